The van der Waals surface area contributed by atoms with Gasteiger partial charge in [-0.2, -0.15) is 0 Å². The maximum Gasteiger partial charge on any atom is 0.270 e. The molecule has 3 rings (SSSR count). The Labute approximate surface area is 172 Å². The Morgan fingerprint density at radius 3 is 2.43 bits per heavy atom. The van der Waals surface area contributed by atoms with E-state index in [2.05, 4.69) is 0 Å². The van der Waals surface area contributed by atoms with E-state index in [4.69, 9.17) is 0 Å². The van der Waals surface area contributed by atoms with Crippen LogP contribution in [0.1, 0.15) is 39.1 Å². The minimum atomic E-state index is -0.623. The van der Waals surface area contributed by atoms with Gasteiger partial charge in [-0.25, -0.2) is 0 Å². The number of fused-ring (bicyclic) bond motifs is 1. The monoisotopic (exact) mass is 411 g/mol. The maximum absolute atomic E-state index is 12.6. The molecule has 0 aromatic heterocycles. The van der Waals surface area contributed by atoms with Crippen LogP contribution in [0.2, 0.25) is 0 Å². The smallest absolute Gasteiger partial charge is 0.270 e. The zero-order valence-corrected chi connectivity index (χ0v) is 16.2. The zero-order chi connectivity index (χ0) is 21.7. The van der Waals surface area contributed by atoms with Crippen molar-refractivity contribution in [3.63, 3.8) is 0 Å². The Hall–Kier alpha value is -3.59. The molecule has 0 unspecified atom stereocenters. The number of non-ortho nitro benzene ring substituents is 1. The van der Waals surface area contributed by atoms with Crippen LogP contribution >= 0.6 is 0 Å². The Balaban J connectivity index is 1.59. The molecule has 9 nitrogen and oxygen atoms in total. The van der Waals surface area contributed by atoms with Crippen LogP contribution in [0.5, 0.6) is 0 Å². The van der Waals surface area contributed by atoms with Gasteiger partial charge in [0.2, 0.25) is 5.91 Å². The number of amides is 3. The van der Waals surface area contributed by atoms with Crippen LogP contribution in [-0.2, 0) is 11.3 Å². The van der Waals surface area contributed by atoms with Crippen molar-refractivity contribution < 1.29 is 24.4 Å². The van der Waals surface area contributed by atoms with Crippen molar-refractivity contribution in [2.45, 2.75) is 19.4 Å². The van der Waals surface area contributed by atoms with E-state index in [0.717, 1.165) is 16.5 Å². The summed E-state index contributed by atoms with van der Waals surface area (Å²) < 4.78 is 0. The third-order valence-corrected chi connectivity index (χ3v) is 4.88. The van der Waals surface area contributed by atoms with Crippen molar-refractivity contribution in [2.75, 3.05) is 19.7 Å². The molecule has 0 bridgehead atoms. The highest BCUT2D eigenvalue weighted by atomic mass is 16.6. The molecule has 1 heterocycles. The summed E-state index contributed by atoms with van der Waals surface area (Å²) in [5, 5.41) is 20.2. The lowest BCUT2D eigenvalue weighted by Crippen LogP contribution is -2.35. The molecular weight excluding hydrogens is 390 g/mol. The first kappa shape index (κ1) is 21.1. The first-order valence-electron chi connectivity index (χ1n) is 9.49. The molecule has 30 heavy (non-hydrogen) atoms. The molecule has 1 N–H and O–H groups in total. The first-order valence-corrected chi connectivity index (χ1v) is 9.49. The van der Waals surface area contributed by atoms with Gasteiger partial charge >= 0.3 is 0 Å². The number of imide groups is 1. The normalized spacial score (nSPS) is 12.8. The minimum absolute atomic E-state index is 0.00603. The topological polar surface area (TPSA) is 121 Å². The fourth-order valence-corrected chi connectivity index (χ4v) is 3.36. The molecule has 1 aliphatic rings. The highest BCUT2D eigenvalue weighted by Gasteiger charge is 2.36. The summed E-state index contributed by atoms with van der Waals surface area (Å²) in [6.07, 6.45) is 0.351. The highest BCUT2D eigenvalue weighted by molar-refractivity contribution is 6.21. The predicted molar refractivity (Wildman–Crippen MR) is 107 cm³/mol. The molecule has 3 amide bonds. The second-order valence-corrected chi connectivity index (χ2v) is 6.88. The number of carbonyl (C=O) groups excluding carboxylic acids is 3. The lowest BCUT2D eigenvalue weighted by Gasteiger charge is -2.22. The van der Waals surface area contributed by atoms with E-state index in [1.165, 1.54) is 17.0 Å². The van der Waals surface area contributed by atoms with Crippen molar-refractivity contribution >= 4 is 23.4 Å². The van der Waals surface area contributed by atoms with E-state index < -0.39 is 16.7 Å². The standard InChI is InChI=1S/C21H21N3O6/c25-12-11-22(14-15-5-2-1-3-6-15)19(26)7-4-10-23-20(27)17-9-8-16(24(29)30)13-18(17)21(23)28/h1-3,5-6,8-9,13,25H,4,7,10-12,14H2. The van der Waals surface area contributed by atoms with Gasteiger partial charge in [0.15, 0.2) is 0 Å². The van der Waals surface area contributed by atoms with Crippen LogP contribution in [0.15, 0.2) is 48.5 Å². The highest BCUT2D eigenvalue weighted by Crippen LogP contribution is 2.27. The number of benzene rings is 2. The Morgan fingerprint density at radius 1 is 1.07 bits per heavy atom. The molecule has 0 aliphatic carbocycles. The van der Waals surface area contributed by atoms with Gasteiger partial charge in [0.05, 0.1) is 22.7 Å². The van der Waals surface area contributed by atoms with Gasteiger partial charge in [-0.15, -0.1) is 0 Å². The second-order valence-electron chi connectivity index (χ2n) is 6.88. The van der Waals surface area contributed by atoms with E-state index in [-0.39, 0.29) is 55.3 Å². The third kappa shape index (κ3) is 4.52. The molecule has 0 saturated heterocycles. The molecule has 0 fully saturated rings. The van der Waals surface area contributed by atoms with Gasteiger partial charge in [0.1, 0.15) is 0 Å². The average molecular weight is 411 g/mol. The summed E-state index contributed by atoms with van der Waals surface area (Å²) >= 11 is 0. The summed E-state index contributed by atoms with van der Waals surface area (Å²) in [7, 11) is 0. The van der Waals surface area contributed by atoms with Crippen LogP contribution in [0.4, 0.5) is 5.69 Å². The fourth-order valence-electron chi connectivity index (χ4n) is 3.36. The number of hydrogen-bond acceptors (Lipinski definition) is 6. The number of carbonyl (C=O) groups is 3. The van der Waals surface area contributed by atoms with E-state index >= 15 is 0 Å². The number of nitrogens with zero attached hydrogens (tertiary/aromatic N) is 3. The van der Waals surface area contributed by atoms with Crippen LogP contribution in [0.3, 0.4) is 0 Å². The van der Waals surface area contributed by atoms with Crippen molar-refractivity contribution in [3.8, 4) is 0 Å². The van der Waals surface area contributed by atoms with Crippen LogP contribution in [-0.4, -0.2) is 57.2 Å². The summed E-state index contributed by atoms with van der Waals surface area (Å²) in [5.74, 6) is -1.31. The largest absolute Gasteiger partial charge is 0.395 e. The molecule has 0 radical (unpaired) electrons. The summed E-state index contributed by atoms with van der Waals surface area (Å²) in [6.45, 7) is 0.404. The number of aliphatic hydroxyl groups excluding tert-OH is 1. The third-order valence-electron chi connectivity index (χ3n) is 4.88. The van der Waals surface area contributed by atoms with Gasteiger partial charge < -0.3 is 10.0 Å². The summed E-state index contributed by atoms with van der Waals surface area (Å²) in [6, 6.07) is 12.9. The number of nitro groups is 1. The molecule has 2 aromatic carbocycles. The fraction of sp³-hybridized carbons (Fsp3) is 0.286. The summed E-state index contributed by atoms with van der Waals surface area (Å²) in [4.78, 5) is 50.3. The Bertz CT molecular complexity index is 976. The molecular formula is C21H21N3O6. The molecule has 2 aromatic rings. The van der Waals surface area contributed by atoms with E-state index in [0.29, 0.717) is 6.54 Å². The Morgan fingerprint density at radius 2 is 1.77 bits per heavy atom. The second kappa shape index (κ2) is 9.27. The first-order chi connectivity index (χ1) is 14.4. The number of hydrogen-bond donors (Lipinski definition) is 1. The number of rotatable bonds is 9. The molecule has 1 aliphatic heterocycles. The molecule has 0 spiro atoms. The van der Waals surface area contributed by atoms with Crippen molar-refractivity contribution in [3.05, 3.63) is 75.3 Å². The molecule has 9 heteroatoms. The number of nitro benzene ring substituents is 1. The zero-order valence-electron chi connectivity index (χ0n) is 16.2. The SMILES string of the molecule is O=C(CCCN1C(=O)c2ccc([N+](=O)[O-])cc2C1=O)N(CCO)Cc1ccccc1. The lowest BCUT2D eigenvalue weighted by atomic mass is 10.1. The minimum Gasteiger partial charge on any atom is -0.395 e. The molecule has 156 valence electrons. The van der Waals surface area contributed by atoms with Gasteiger partial charge in [-0.3, -0.25) is 29.4 Å². The van der Waals surface area contributed by atoms with Crippen molar-refractivity contribution in [2.24, 2.45) is 0 Å². The van der Waals surface area contributed by atoms with Crippen molar-refractivity contribution in [1.29, 1.82) is 0 Å². The summed E-state index contributed by atoms with van der Waals surface area (Å²) in [5.41, 5.74) is 0.808. The van der Waals surface area contributed by atoms with E-state index in [9.17, 15) is 29.6 Å². The van der Waals surface area contributed by atoms with Crippen molar-refractivity contribution in [1.82, 2.24) is 9.80 Å². The predicted octanol–water partition coefficient (Wildman–Crippen LogP) is 1.99. The van der Waals surface area contributed by atoms with E-state index in [1.807, 2.05) is 30.3 Å². The maximum atomic E-state index is 12.6. The van der Waals surface area contributed by atoms with Gasteiger partial charge in [0.25, 0.3) is 17.5 Å². The molecule has 0 atom stereocenters. The van der Waals surface area contributed by atoms with Crippen LogP contribution < -0.4 is 0 Å². The van der Waals surface area contributed by atoms with Gasteiger partial charge in [-0.05, 0) is 18.1 Å². The van der Waals surface area contributed by atoms with E-state index in [1.54, 1.807) is 0 Å². The van der Waals surface area contributed by atoms with Crippen LogP contribution in [0, 0.1) is 10.1 Å². The Kier molecular flexibility index (Phi) is 6.53. The van der Waals surface area contributed by atoms with Gasteiger partial charge in [0, 0.05) is 38.2 Å². The lowest BCUT2D eigenvalue weighted by molar-refractivity contribution is -0.384. The van der Waals surface area contributed by atoms with Crippen LogP contribution in [0.25, 0.3) is 0 Å². The van der Waals surface area contributed by atoms with Gasteiger partial charge in [-0.1, -0.05) is 30.3 Å². The number of aliphatic hydroxyl groups is 1. The quantitative estimate of drug-likeness (QED) is 0.383. The average Bonchev–Trinajstić information content (AvgIpc) is 2.98. The molecule has 0 saturated carbocycles.